The molecule has 4 aliphatic heterocycles. The summed E-state index contributed by atoms with van der Waals surface area (Å²) in [4.78, 5) is 66.5. The van der Waals surface area contributed by atoms with Crippen LogP contribution in [0.25, 0.3) is 0 Å². The van der Waals surface area contributed by atoms with Crippen molar-refractivity contribution < 1.29 is 24.0 Å². The molecule has 3 N–H and O–H groups in total. The number of piperidine rings is 1. The number of nitrogens with two attached hydrogens (primary N) is 1. The molecule has 10 nitrogen and oxygen atoms in total. The molecule has 0 spiro atoms. The van der Waals surface area contributed by atoms with Crippen LogP contribution in [0.5, 0.6) is 0 Å². The fourth-order valence-corrected chi connectivity index (χ4v) is 5.04. The van der Waals surface area contributed by atoms with Crippen LogP contribution in [0, 0.1) is 0 Å². The van der Waals surface area contributed by atoms with Gasteiger partial charge in [0.25, 0.3) is 11.8 Å². The van der Waals surface area contributed by atoms with Crippen molar-refractivity contribution in [2.24, 2.45) is 5.73 Å². The second-order valence-electron chi connectivity index (χ2n) is 8.59. The van der Waals surface area contributed by atoms with Crippen LogP contribution >= 0.6 is 0 Å². The number of carbonyl (C=O) groups is 5. The Morgan fingerprint density at radius 3 is 2.58 bits per heavy atom. The van der Waals surface area contributed by atoms with E-state index >= 15 is 0 Å². The Hall–Kier alpha value is -3.11. The first-order chi connectivity index (χ1) is 14.8. The molecule has 162 valence electrons. The van der Waals surface area contributed by atoms with Crippen LogP contribution in [0.1, 0.15) is 45.5 Å². The van der Waals surface area contributed by atoms with Crippen LogP contribution in [0.15, 0.2) is 18.2 Å². The summed E-state index contributed by atoms with van der Waals surface area (Å²) in [6.07, 6.45) is 0.872. The van der Waals surface area contributed by atoms with Crippen molar-refractivity contribution in [3.8, 4) is 0 Å². The summed E-state index contributed by atoms with van der Waals surface area (Å²) in [5.41, 5.74) is 7.32. The highest BCUT2D eigenvalue weighted by molar-refractivity contribution is 6.23. The molecule has 31 heavy (non-hydrogen) atoms. The summed E-state index contributed by atoms with van der Waals surface area (Å²) in [5.74, 6) is -2.01. The van der Waals surface area contributed by atoms with E-state index in [-0.39, 0.29) is 35.9 Å². The SMILES string of the molecule is NC1CC2CN(Cc3ccc4c(c3)C(=O)N(C3CCC(=O)NC3=O)C4=O)CCN2C1=O. The number of piperazine rings is 1. The van der Waals surface area contributed by atoms with E-state index in [1.807, 2.05) is 11.0 Å². The maximum atomic E-state index is 13.0. The molecule has 1 aromatic rings. The van der Waals surface area contributed by atoms with E-state index in [1.165, 1.54) is 0 Å². The normalized spacial score (nSPS) is 28.8. The summed E-state index contributed by atoms with van der Waals surface area (Å²) in [7, 11) is 0. The van der Waals surface area contributed by atoms with Crippen LogP contribution in [0.4, 0.5) is 0 Å². The molecule has 0 saturated carbocycles. The summed E-state index contributed by atoms with van der Waals surface area (Å²) in [6, 6.07) is 3.87. The van der Waals surface area contributed by atoms with Crippen molar-refractivity contribution >= 4 is 29.5 Å². The van der Waals surface area contributed by atoms with Crippen molar-refractivity contribution in [2.75, 3.05) is 19.6 Å². The van der Waals surface area contributed by atoms with Crippen molar-refractivity contribution in [1.29, 1.82) is 0 Å². The Labute approximate surface area is 178 Å². The molecule has 3 unspecified atom stereocenters. The van der Waals surface area contributed by atoms with Gasteiger partial charge in [-0.05, 0) is 30.5 Å². The minimum Gasteiger partial charge on any atom is -0.336 e. The molecule has 0 bridgehead atoms. The molecule has 0 aromatic heterocycles. The number of rotatable bonds is 3. The number of imide groups is 2. The number of hydrogen-bond donors (Lipinski definition) is 2. The van der Waals surface area contributed by atoms with Crippen LogP contribution in [0.3, 0.4) is 0 Å². The van der Waals surface area contributed by atoms with Crippen LogP contribution in [-0.4, -0.2) is 82.0 Å². The van der Waals surface area contributed by atoms with Gasteiger partial charge >= 0.3 is 0 Å². The molecule has 3 saturated heterocycles. The number of nitrogens with one attached hydrogen (secondary N) is 1. The Bertz CT molecular complexity index is 1020. The van der Waals surface area contributed by atoms with Gasteiger partial charge in [-0.15, -0.1) is 0 Å². The van der Waals surface area contributed by atoms with E-state index in [9.17, 15) is 24.0 Å². The lowest BCUT2D eigenvalue weighted by atomic mass is 10.0. The second kappa shape index (κ2) is 7.24. The lowest BCUT2D eigenvalue weighted by Crippen LogP contribution is -2.54. The number of nitrogens with zero attached hydrogens (tertiary/aromatic N) is 3. The van der Waals surface area contributed by atoms with Gasteiger partial charge in [-0.25, -0.2) is 0 Å². The number of amides is 5. The van der Waals surface area contributed by atoms with Gasteiger partial charge in [0.2, 0.25) is 17.7 Å². The zero-order chi connectivity index (χ0) is 21.9. The molecule has 1 aromatic carbocycles. The van der Waals surface area contributed by atoms with Gasteiger partial charge in [0.1, 0.15) is 6.04 Å². The van der Waals surface area contributed by atoms with E-state index in [2.05, 4.69) is 10.2 Å². The number of hydrogen-bond acceptors (Lipinski definition) is 7. The minimum atomic E-state index is -0.967. The quantitative estimate of drug-likeness (QED) is 0.583. The van der Waals surface area contributed by atoms with Gasteiger partial charge in [-0.1, -0.05) is 6.07 Å². The summed E-state index contributed by atoms with van der Waals surface area (Å²) >= 11 is 0. The van der Waals surface area contributed by atoms with Gasteiger partial charge in [0, 0.05) is 38.6 Å². The Balaban J connectivity index is 1.31. The van der Waals surface area contributed by atoms with Crippen LogP contribution < -0.4 is 11.1 Å². The maximum Gasteiger partial charge on any atom is 0.262 e. The smallest absolute Gasteiger partial charge is 0.262 e. The molecule has 5 rings (SSSR count). The summed E-state index contributed by atoms with van der Waals surface area (Å²) in [6.45, 7) is 2.64. The highest BCUT2D eigenvalue weighted by atomic mass is 16.2. The van der Waals surface area contributed by atoms with Gasteiger partial charge in [0.15, 0.2) is 0 Å². The number of carbonyl (C=O) groups excluding carboxylic acids is 5. The van der Waals surface area contributed by atoms with E-state index < -0.39 is 35.7 Å². The number of benzene rings is 1. The fourth-order valence-electron chi connectivity index (χ4n) is 5.04. The third-order valence-electron chi connectivity index (χ3n) is 6.60. The highest BCUT2D eigenvalue weighted by Gasteiger charge is 2.45. The molecule has 5 amide bonds. The van der Waals surface area contributed by atoms with Gasteiger partial charge in [0.05, 0.1) is 17.2 Å². The largest absolute Gasteiger partial charge is 0.336 e. The predicted octanol–water partition coefficient (Wildman–Crippen LogP) is -1.17. The molecule has 0 radical (unpaired) electrons. The molecular formula is C21H23N5O5. The van der Waals surface area contributed by atoms with Crippen LogP contribution in [0.2, 0.25) is 0 Å². The summed E-state index contributed by atoms with van der Waals surface area (Å²) < 4.78 is 0. The molecular weight excluding hydrogens is 402 g/mol. The maximum absolute atomic E-state index is 13.0. The molecule has 4 aliphatic rings. The molecule has 10 heteroatoms. The third-order valence-corrected chi connectivity index (χ3v) is 6.60. The zero-order valence-corrected chi connectivity index (χ0v) is 16.9. The molecule has 3 fully saturated rings. The molecule has 0 aliphatic carbocycles. The van der Waals surface area contributed by atoms with Crippen molar-refractivity contribution in [3.63, 3.8) is 0 Å². The first-order valence-corrected chi connectivity index (χ1v) is 10.5. The zero-order valence-electron chi connectivity index (χ0n) is 16.9. The Morgan fingerprint density at radius 1 is 1.03 bits per heavy atom. The van der Waals surface area contributed by atoms with E-state index in [1.54, 1.807) is 12.1 Å². The topological polar surface area (TPSA) is 133 Å². The van der Waals surface area contributed by atoms with E-state index in [0.29, 0.717) is 32.6 Å². The number of fused-ring (bicyclic) bond motifs is 2. The van der Waals surface area contributed by atoms with E-state index in [0.717, 1.165) is 10.5 Å². The van der Waals surface area contributed by atoms with Gasteiger partial charge in [-0.2, -0.15) is 0 Å². The third kappa shape index (κ3) is 3.22. The lowest BCUT2D eigenvalue weighted by molar-refractivity contribution is -0.136. The summed E-state index contributed by atoms with van der Waals surface area (Å²) in [5, 5.41) is 2.20. The lowest BCUT2D eigenvalue weighted by Gasteiger charge is -2.37. The average molecular weight is 425 g/mol. The van der Waals surface area contributed by atoms with Gasteiger partial charge in [-0.3, -0.25) is 39.1 Å². The first kappa shape index (κ1) is 19.8. The highest BCUT2D eigenvalue weighted by Crippen LogP contribution is 2.29. The fraction of sp³-hybridized carbons (Fsp3) is 0.476. The van der Waals surface area contributed by atoms with Crippen molar-refractivity contribution in [3.05, 3.63) is 34.9 Å². The van der Waals surface area contributed by atoms with Crippen molar-refractivity contribution in [1.82, 2.24) is 20.0 Å². The average Bonchev–Trinajstić information content (AvgIpc) is 3.15. The molecule has 4 heterocycles. The Kier molecular flexibility index (Phi) is 4.63. The Morgan fingerprint density at radius 2 is 1.81 bits per heavy atom. The van der Waals surface area contributed by atoms with E-state index in [4.69, 9.17) is 5.73 Å². The first-order valence-electron chi connectivity index (χ1n) is 10.5. The molecule has 3 atom stereocenters. The standard InChI is InChI=1S/C21H23N5O5/c22-15-8-12-10-24(5-6-25(12)21(15)31)9-11-1-2-13-14(7-11)20(30)26(19(13)29)16-3-4-17(27)23-18(16)28/h1-2,7,12,15-16H,3-6,8-10,22H2,(H,23,27,28). The van der Waals surface area contributed by atoms with Crippen molar-refractivity contribution in [2.45, 2.75) is 43.9 Å². The monoisotopic (exact) mass is 425 g/mol. The minimum absolute atomic E-state index is 0.0137. The predicted molar refractivity (Wildman–Crippen MR) is 106 cm³/mol. The van der Waals surface area contributed by atoms with Gasteiger partial charge < -0.3 is 10.6 Å². The van der Waals surface area contributed by atoms with Crippen LogP contribution in [-0.2, 0) is 20.9 Å². The second-order valence-corrected chi connectivity index (χ2v) is 8.59.